The number of carbonyl (C=O) groups is 1. The van der Waals surface area contributed by atoms with Crippen molar-refractivity contribution in [3.05, 3.63) is 53.7 Å². The molecule has 23 heavy (non-hydrogen) atoms. The largest absolute Gasteiger partial charge is 0.384 e. The Hall–Kier alpha value is -3.29. The van der Waals surface area contributed by atoms with Crippen LogP contribution in [-0.2, 0) is 6.54 Å². The van der Waals surface area contributed by atoms with Gasteiger partial charge < -0.3 is 10.6 Å². The molecular weight excluding hydrogens is 294 g/mol. The summed E-state index contributed by atoms with van der Waals surface area (Å²) in [6, 6.07) is 12.6. The predicted octanol–water partition coefficient (Wildman–Crippen LogP) is 1.12. The lowest BCUT2D eigenvalue weighted by molar-refractivity contribution is 0.0779. The molecule has 3 rings (SSSR count). The number of hydrogen-bond donors (Lipinski definition) is 2. The van der Waals surface area contributed by atoms with Gasteiger partial charge in [-0.3, -0.25) is 4.79 Å². The van der Waals surface area contributed by atoms with Crippen LogP contribution in [0.15, 0.2) is 42.5 Å². The number of carbonyl (C=O) groups excluding carboxylic acids is 1. The lowest BCUT2D eigenvalue weighted by Crippen LogP contribution is -2.27. The van der Waals surface area contributed by atoms with E-state index in [4.69, 9.17) is 5.73 Å². The van der Waals surface area contributed by atoms with Gasteiger partial charge in [0.2, 0.25) is 5.82 Å². The number of nitrogens with zero attached hydrogens (tertiary/aromatic N) is 5. The van der Waals surface area contributed by atoms with Crippen LogP contribution in [-0.4, -0.2) is 43.5 Å². The quantitative estimate of drug-likeness (QED) is 0.746. The van der Waals surface area contributed by atoms with Gasteiger partial charge in [0, 0.05) is 19.2 Å². The number of pyridine rings is 1. The molecule has 0 radical (unpaired) electrons. The summed E-state index contributed by atoms with van der Waals surface area (Å²) in [6.45, 7) is 0.432. The maximum absolute atomic E-state index is 12.4. The molecule has 0 bridgehead atoms. The summed E-state index contributed by atoms with van der Waals surface area (Å²) in [7, 11) is 1.72. The van der Waals surface area contributed by atoms with Gasteiger partial charge in [0.15, 0.2) is 0 Å². The van der Waals surface area contributed by atoms with Gasteiger partial charge in [0.25, 0.3) is 5.91 Å². The fourth-order valence-corrected chi connectivity index (χ4v) is 2.20. The van der Waals surface area contributed by atoms with E-state index in [-0.39, 0.29) is 5.91 Å². The highest BCUT2D eigenvalue weighted by molar-refractivity contribution is 5.92. The zero-order chi connectivity index (χ0) is 16.2. The van der Waals surface area contributed by atoms with Crippen molar-refractivity contribution < 1.29 is 4.79 Å². The zero-order valence-electron chi connectivity index (χ0n) is 12.5. The van der Waals surface area contributed by atoms with Crippen LogP contribution >= 0.6 is 0 Å². The minimum absolute atomic E-state index is 0.192. The topological polar surface area (TPSA) is 114 Å². The third-order valence-electron chi connectivity index (χ3n) is 3.29. The van der Waals surface area contributed by atoms with Gasteiger partial charge >= 0.3 is 0 Å². The molecule has 0 saturated carbocycles. The molecule has 3 aromatic rings. The molecule has 116 valence electrons. The first-order valence-electron chi connectivity index (χ1n) is 6.94. The molecule has 0 aliphatic rings. The first kappa shape index (κ1) is 14.6. The number of benzene rings is 1. The van der Waals surface area contributed by atoms with Crippen LogP contribution in [0.3, 0.4) is 0 Å². The number of tetrazole rings is 1. The Balaban J connectivity index is 1.76. The van der Waals surface area contributed by atoms with E-state index in [0.717, 1.165) is 11.1 Å². The number of nitrogens with two attached hydrogens (primary N) is 1. The fourth-order valence-electron chi connectivity index (χ4n) is 2.20. The summed E-state index contributed by atoms with van der Waals surface area (Å²) in [5.74, 6) is 0.643. The van der Waals surface area contributed by atoms with Crippen LogP contribution in [0.25, 0.3) is 11.4 Å². The molecule has 2 aromatic heterocycles. The predicted molar refractivity (Wildman–Crippen MR) is 84.1 cm³/mol. The maximum atomic E-state index is 12.4. The van der Waals surface area contributed by atoms with E-state index in [1.165, 1.54) is 0 Å². The first-order chi connectivity index (χ1) is 11.1. The van der Waals surface area contributed by atoms with Gasteiger partial charge in [-0.15, -0.1) is 10.2 Å². The molecule has 0 atom stereocenters. The third kappa shape index (κ3) is 3.31. The molecule has 3 N–H and O–H groups in total. The normalized spacial score (nSPS) is 10.5. The Morgan fingerprint density at radius 3 is 2.83 bits per heavy atom. The Morgan fingerprint density at radius 2 is 2.09 bits per heavy atom. The van der Waals surface area contributed by atoms with Crippen molar-refractivity contribution in [1.29, 1.82) is 0 Å². The van der Waals surface area contributed by atoms with E-state index in [0.29, 0.717) is 23.9 Å². The van der Waals surface area contributed by atoms with Gasteiger partial charge in [0.05, 0.1) is 0 Å². The standard InChI is InChI=1S/C15H15N7O/c1-22(15(23)12-6-3-7-13(16)17-12)9-10-4-2-5-11(8-10)14-18-20-21-19-14/h2-8H,9H2,1H3,(H2,16,17)(H,18,19,20,21). The average molecular weight is 309 g/mol. The number of nitrogens with one attached hydrogen (secondary N) is 1. The number of rotatable bonds is 4. The Morgan fingerprint density at radius 1 is 1.26 bits per heavy atom. The van der Waals surface area contributed by atoms with E-state index in [2.05, 4.69) is 25.6 Å². The second-order valence-corrected chi connectivity index (χ2v) is 5.04. The highest BCUT2D eigenvalue weighted by Crippen LogP contribution is 2.16. The summed E-state index contributed by atoms with van der Waals surface area (Å²) in [6.07, 6.45) is 0. The van der Waals surface area contributed by atoms with Gasteiger partial charge in [-0.2, -0.15) is 5.21 Å². The lowest BCUT2D eigenvalue weighted by Gasteiger charge is -2.17. The molecule has 2 heterocycles. The number of anilines is 1. The summed E-state index contributed by atoms with van der Waals surface area (Å²) < 4.78 is 0. The number of nitrogen functional groups attached to an aromatic ring is 1. The number of hydrogen-bond acceptors (Lipinski definition) is 6. The van der Waals surface area contributed by atoms with Gasteiger partial charge in [-0.1, -0.05) is 24.3 Å². The van der Waals surface area contributed by atoms with Crippen molar-refractivity contribution in [2.24, 2.45) is 0 Å². The maximum Gasteiger partial charge on any atom is 0.272 e. The molecule has 8 nitrogen and oxygen atoms in total. The fraction of sp³-hybridized carbons (Fsp3) is 0.133. The highest BCUT2D eigenvalue weighted by Gasteiger charge is 2.14. The Kier molecular flexibility index (Phi) is 3.96. The second kappa shape index (κ2) is 6.22. The SMILES string of the molecule is CN(Cc1cccc(-c2nn[nH]n2)c1)C(=O)c1cccc(N)n1. The monoisotopic (exact) mass is 309 g/mol. The van der Waals surface area contributed by atoms with Gasteiger partial charge in [-0.25, -0.2) is 4.98 Å². The zero-order valence-corrected chi connectivity index (χ0v) is 12.5. The summed E-state index contributed by atoms with van der Waals surface area (Å²) in [4.78, 5) is 18.0. The van der Waals surface area contributed by atoms with E-state index in [1.807, 2.05) is 24.3 Å². The van der Waals surface area contributed by atoms with E-state index < -0.39 is 0 Å². The van der Waals surface area contributed by atoms with E-state index >= 15 is 0 Å². The van der Waals surface area contributed by atoms with Crippen molar-refractivity contribution in [3.63, 3.8) is 0 Å². The molecule has 0 aliphatic heterocycles. The van der Waals surface area contributed by atoms with Crippen LogP contribution in [0.2, 0.25) is 0 Å². The molecule has 0 spiro atoms. The first-order valence-corrected chi connectivity index (χ1v) is 6.94. The van der Waals surface area contributed by atoms with Crippen molar-refractivity contribution >= 4 is 11.7 Å². The van der Waals surface area contributed by atoms with Crippen LogP contribution in [0.5, 0.6) is 0 Å². The van der Waals surface area contributed by atoms with Crippen LogP contribution in [0.1, 0.15) is 16.1 Å². The van der Waals surface area contributed by atoms with Crippen molar-refractivity contribution in [2.75, 3.05) is 12.8 Å². The number of amides is 1. The van der Waals surface area contributed by atoms with Crippen molar-refractivity contribution in [1.82, 2.24) is 30.5 Å². The molecular formula is C15H15N7O. The second-order valence-electron chi connectivity index (χ2n) is 5.04. The third-order valence-corrected chi connectivity index (χ3v) is 3.29. The smallest absolute Gasteiger partial charge is 0.272 e. The minimum atomic E-state index is -0.192. The number of H-pyrrole nitrogens is 1. The van der Waals surface area contributed by atoms with Crippen molar-refractivity contribution in [2.45, 2.75) is 6.54 Å². The molecule has 0 aliphatic carbocycles. The molecule has 1 aromatic carbocycles. The molecule has 0 fully saturated rings. The molecule has 1 amide bonds. The molecule has 8 heteroatoms. The van der Waals surface area contributed by atoms with Crippen molar-refractivity contribution in [3.8, 4) is 11.4 Å². The summed E-state index contributed by atoms with van der Waals surface area (Å²) in [5.41, 5.74) is 7.72. The van der Waals surface area contributed by atoms with Crippen LogP contribution in [0.4, 0.5) is 5.82 Å². The van der Waals surface area contributed by atoms with E-state index in [9.17, 15) is 4.79 Å². The minimum Gasteiger partial charge on any atom is -0.384 e. The van der Waals surface area contributed by atoms with Gasteiger partial charge in [0.1, 0.15) is 11.5 Å². The van der Waals surface area contributed by atoms with Crippen LogP contribution < -0.4 is 5.73 Å². The lowest BCUT2D eigenvalue weighted by atomic mass is 10.1. The Labute approximate surface area is 132 Å². The number of aromatic nitrogens is 5. The molecule has 0 unspecified atom stereocenters. The molecule has 0 saturated heterocycles. The van der Waals surface area contributed by atoms with Gasteiger partial charge in [-0.05, 0) is 29.0 Å². The summed E-state index contributed by atoms with van der Waals surface area (Å²) in [5, 5.41) is 13.9. The van der Waals surface area contributed by atoms with Crippen LogP contribution in [0, 0.1) is 0 Å². The average Bonchev–Trinajstić information content (AvgIpc) is 3.09. The Bertz CT molecular complexity index is 816. The highest BCUT2D eigenvalue weighted by atomic mass is 16.2. The number of aromatic amines is 1. The summed E-state index contributed by atoms with van der Waals surface area (Å²) >= 11 is 0. The van der Waals surface area contributed by atoms with E-state index in [1.54, 1.807) is 30.1 Å².